The smallest absolute Gasteiger partial charge is 0.259 e. The van der Waals surface area contributed by atoms with Gasteiger partial charge in [0.15, 0.2) is 0 Å². The molecular weight excluding hydrogens is 336 g/mol. The average Bonchev–Trinajstić information content (AvgIpc) is 3.10. The minimum atomic E-state index is -0.00633. The Morgan fingerprint density at radius 2 is 2.32 bits per heavy atom. The van der Waals surface area contributed by atoms with Crippen molar-refractivity contribution in [2.24, 2.45) is 5.73 Å². The van der Waals surface area contributed by atoms with Gasteiger partial charge in [0.1, 0.15) is 17.8 Å². The van der Waals surface area contributed by atoms with Gasteiger partial charge in [-0.3, -0.25) is 4.79 Å². The summed E-state index contributed by atoms with van der Waals surface area (Å²) in [6.07, 6.45) is 9.31. The average molecular weight is 358 g/mol. The highest BCUT2D eigenvalue weighted by Gasteiger charge is 2.25. The molecule has 2 aliphatic rings. The molecule has 0 radical (unpaired) electrons. The van der Waals surface area contributed by atoms with E-state index in [0.29, 0.717) is 0 Å². The van der Waals surface area contributed by atoms with Gasteiger partial charge in [-0.2, -0.15) is 0 Å². The van der Waals surface area contributed by atoms with Gasteiger partial charge >= 0.3 is 0 Å². The molecule has 8 heteroatoms. The van der Waals surface area contributed by atoms with Crippen LogP contribution in [0.3, 0.4) is 0 Å². The largest absolute Gasteiger partial charge is 0.349 e. The topological polar surface area (TPSA) is 99.9 Å². The number of hydrogen-bond acceptors (Lipinski definition) is 6. The quantitative estimate of drug-likeness (QED) is 0.773. The number of fused-ring (bicyclic) bond motifs is 1. The predicted octanol–water partition coefficient (Wildman–Crippen LogP) is 1.74. The van der Waals surface area contributed by atoms with Crippen molar-refractivity contribution in [1.82, 2.24) is 20.3 Å². The van der Waals surface area contributed by atoms with Gasteiger partial charge in [0.2, 0.25) is 0 Å². The van der Waals surface area contributed by atoms with Gasteiger partial charge in [-0.15, -0.1) is 11.8 Å². The fourth-order valence-electron chi connectivity index (χ4n) is 3.49. The minimum Gasteiger partial charge on any atom is -0.349 e. The van der Waals surface area contributed by atoms with Crippen molar-refractivity contribution in [2.45, 2.75) is 37.8 Å². The second kappa shape index (κ2) is 7.05. The molecule has 1 aliphatic heterocycles. The van der Waals surface area contributed by atoms with Crippen LogP contribution in [0.25, 0.3) is 11.0 Å². The van der Waals surface area contributed by atoms with Crippen LogP contribution in [0.5, 0.6) is 0 Å². The highest BCUT2D eigenvalue weighted by Crippen LogP contribution is 2.29. The van der Waals surface area contributed by atoms with E-state index in [4.69, 9.17) is 5.73 Å². The Bertz CT molecular complexity index is 803. The van der Waals surface area contributed by atoms with Crippen molar-refractivity contribution in [3.05, 3.63) is 29.7 Å². The van der Waals surface area contributed by atoms with Crippen molar-refractivity contribution in [3.8, 4) is 0 Å². The van der Waals surface area contributed by atoms with Crippen molar-refractivity contribution in [3.63, 3.8) is 0 Å². The first-order chi connectivity index (χ1) is 12.2. The zero-order chi connectivity index (χ0) is 17.2. The third-order valence-electron chi connectivity index (χ3n) is 4.74. The van der Waals surface area contributed by atoms with Crippen molar-refractivity contribution in [2.75, 3.05) is 17.2 Å². The number of carbonyl (C=O) groups excluding carboxylic acids is 1. The van der Waals surface area contributed by atoms with Crippen LogP contribution in [0.4, 0.5) is 5.82 Å². The lowest BCUT2D eigenvalue weighted by Gasteiger charge is -2.29. The Morgan fingerprint density at radius 3 is 3.20 bits per heavy atom. The second-order valence-corrected chi connectivity index (χ2v) is 7.71. The first kappa shape index (κ1) is 16.4. The summed E-state index contributed by atoms with van der Waals surface area (Å²) in [5.74, 6) is 1.67. The minimum absolute atomic E-state index is 0.00633. The molecule has 2 aromatic rings. The van der Waals surface area contributed by atoms with Gasteiger partial charge in [0.25, 0.3) is 5.91 Å². The van der Waals surface area contributed by atoms with E-state index >= 15 is 0 Å². The van der Waals surface area contributed by atoms with Gasteiger partial charge in [-0.05, 0) is 31.7 Å². The van der Waals surface area contributed by atoms with Crippen LogP contribution < -0.4 is 16.0 Å². The van der Waals surface area contributed by atoms with E-state index in [0.717, 1.165) is 59.7 Å². The number of aromatic nitrogens is 3. The van der Waals surface area contributed by atoms with Crippen LogP contribution in [0.15, 0.2) is 29.7 Å². The number of thioether (sulfide) groups is 1. The van der Waals surface area contributed by atoms with Crippen LogP contribution in [-0.4, -0.2) is 45.2 Å². The Kier molecular flexibility index (Phi) is 4.63. The number of hydrogen-bond donors (Lipinski definition) is 3. The van der Waals surface area contributed by atoms with Crippen LogP contribution in [0, 0.1) is 0 Å². The van der Waals surface area contributed by atoms with E-state index in [1.807, 2.05) is 23.4 Å². The van der Waals surface area contributed by atoms with E-state index in [1.165, 1.54) is 0 Å². The number of rotatable bonds is 3. The van der Waals surface area contributed by atoms with Crippen molar-refractivity contribution in [1.29, 1.82) is 0 Å². The molecule has 1 saturated carbocycles. The maximum absolute atomic E-state index is 12.7. The Labute approximate surface area is 150 Å². The highest BCUT2D eigenvalue weighted by atomic mass is 32.2. The summed E-state index contributed by atoms with van der Waals surface area (Å²) in [4.78, 5) is 27.2. The van der Waals surface area contributed by atoms with Crippen molar-refractivity contribution >= 4 is 34.5 Å². The summed E-state index contributed by atoms with van der Waals surface area (Å²) in [7, 11) is 0. The number of nitrogens with two attached hydrogens (primary N) is 1. The number of H-pyrrole nitrogens is 1. The molecule has 132 valence electrons. The maximum Gasteiger partial charge on any atom is 0.259 e. The molecule has 4 rings (SSSR count). The number of aromatic amines is 1. The molecule has 1 fully saturated rings. The number of nitrogens with zero attached hydrogens (tertiary/aromatic N) is 3. The molecule has 2 aromatic heterocycles. The summed E-state index contributed by atoms with van der Waals surface area (Å²) >= 11 is 1.59. The van der Waals surface area contributed by atoms with Crippen LogP contribution in [0.1, 0.15) is 25.7 Å². The summed E-state index contributed by atoms with van der Waals surface area (Å²) in [5, 5.41) is 4.11. The normalized spacial score (nSPS) is 24.2. The van der Waals surface area contributed by atoms with E-state index in [1.54, 1.807) is 18.1 Å². The molecular formula is C17H22N6OS. The Morgan fingerprint density at radius 1 is 1.40 bits per heavy atom. The Hall–Kier alpha value is -2.06. The SMILES string of the molecule is N[C@H]1CCC[C@@H](NC(=O)C2=CN(c3ncnc4[nH]ccc34)CCS2)C1. The molecule has 0 spiro atoms. The van der Waals surface area contributed by atoms with E-state index < -0.39 is 0 Å². The highest BCUT2D eigenvalue weighted by molar-refractivity contribution is 8.04. The molecule has 0 bridgehead atoms. The lowest BCUT2D eigenvalue weighted by atomic mass is 9.91. The molecule has 3 heterocycles. The third-order valence-corrected chi connectivity index (χ3v) is 5.73. The Balaban J connectivity index is 1.52. The first-order valence-electron chi connectivity index (χ1n) is 8.66. The fourth-order valence-corrected chi connectivity index (χ4v) is 4.39. The summed E-state index contributed by atoms with van der Waals surface area (Å²) in [6.45, 7) is 0.813. The molecule has 7 nitrogen and oxygen atoms in total. The summed E-state index contributed by atoms with van der Waals surface area (Å²) in [5.41, 5.74) is 6.83. The summed E-state index contributed by atoms with van der Waals surface area (Å²) in [6, 6.07) is 2.35. The van der Waals surface area contributed by atoms with Gasteiger partial charge in [0.05, 0.1) is 10.3 Å². The molecule has 2 atom stereocenters. The molecule has 0 saturated heterocycles. The molecule has 25 heavy (non-hydrogen) atoms. The standard InChI is InChI=1S/C17H22N6OS/c18-11-2-1-3-12(8-11)22-17(24)14-9-23(6-7-25-14)16-13-4-5-19-15(13)20-10-21-16/h4-5,9-12H,1-3,6-8,18H2,(H,22,24)(H,19,20,21)/t11-,12+/m0/s1. The zero-order valence-electron chi connectivity index (χ0n) is 13.9. The lowest BCUT2D eigenvalue weighted by Crippen LogP contribution is -2.43. The van der Waals surface area contributed by atoms with Gasteiger partial charge < -0.3 is 20.9 Å². The van der Waals surface area contributed by atoms with E-state index in [9.17, 15) is 4.79 Å². The number of anilines is 1. The molecule has 0 unspecified atom stereocenters. The number of nitrogens with one attached hydrogen (secondary N) is 2. The van der Waals surface area contributed by atoms with Gasteiger partial charge in [-0.25, -0.2) is 9.97 Å². The monoisotopic (exact) mass is 358 g/mol. The van der Waals surface area contributed by atoms with Crippen LogP contribution in [-0.2, 0) is 4.79 Å². The van der Waals surface area contributed by atoms with Gasteiger partial charge in [0, 0.05) is 36.8 Å². The maximum atomic E-state index is 12.7. The number of amides is 1. The van der Waals surface area contributed by atoms with E-state index in [2.05, 4.69) is 20.3 Å². The lowest BCUT2D eigenvalue weighted by molar-refractivity contribution is -0.117. The summed E-state index contributed by atoms with van der Waals surface area (Å²) < 4.78 is 0. The van der Waals surface area contributed by atoms with Gasteiger partial charge in [-0.1, -0.05) is 0 Å². The van der Waals surface area contributed by atoms with Crippen molar-refractivity contribution < 1.29 is 4.79 Å². The number of carbonyl (C=O) groups is 1. The molecule has 4 N–H and O–H groups in total. The molecule has 0 aromatic carbocycles. The van der Waals surface area contributed by atoms with E-state index in [-0.39, 0.29) is 18.0 Å². The second-order valence-electron chi connectivity index (χ2n) is 6.57. The third kappa shape index (κ3) is 3.50. The van der Waals surface area contributed by atoms with Crippen LogP contribution >= 0.6 is 11.8 Å². The van der Waals surface area contributed by atoms with Crippen LogP contribution in [0.2, 0.25) is 0 Å². The predicted molar refractivity (Wildman–Crippen MR) is 100 cm³/mol. The molecule has 1 aliphatic carbocycles. The zero-order valence-corrected chi connectivity index (χ0v) is 14.8. The first-order valence-corrected chi connectivity index (χ1v) is 9.65. The fraction of sp³-hybridized carbons (Fsp3) is 0.471. The molecule has 1 amide bonds.